The number of likely N-dealkylation sites (N-methyl/N-ethyl adjacent to an activating group) is 1. The van der Waals surface area contributed by atoms with Crippen molar-refractivity contribution in [2.45, 2.75) is 32.9 Å². The Morgan fingerprint density at radius 1 is 1.42 bits per heavy atom. The third-order valence-corrected chi connectivity index (χ3v) is 4.04. The minimum atomic E-state index is -0.174. The highest BCUT2D eigenvalue weighted by Gasteiger charge is 2.17. The Labute approximate surface area is 128 Å². The number of halogens is 2. The molecule has 0 aliphatic heterocycles. The van der Waals surface area contributed by atoms with E-state index in [1.165, 1.54) is 0 Å². The van der Waals surface area contributed by atoms with Crippen molar-refractivity contribution in [1.29, 1.82) is 0 Å². The van der Waals surface area contributed by atoms with Crippen LogP contribution in [-0.2, 0) is 11.3 Å². The molecule has 0 saturated carbocycles. The molecule has 0 fully saturated rings. The molecule has 0 aliphatic carbocycles. The van der Waals surface area contributed by atoms with Crippen LogP contribution in [0.4, 0.5) is 0 Å². The van der Waals surface area contributed by atoms with E-state index >= 15 is 0 Å². The third-order valence-electron chi connectivity index (χ3n) is 2.81. The molecule has 19 heavy (non-hydrogen) atoms. The van der Waals surface area contributed by atoms with Gasteiger partial charge in [-0.05, 0) is 46.0 Å². The summed E-state index contributed by atoms with van der Waals surface area (Å²) in [5.41, 5.74) is 1.06. The van der Waals surface area contributed by atoms with Gasteiger partial charge in [-0.15, -0.1) is 0 Å². The van der Waals surface area contributed by atoms with Crippen molar-refractivity contribution in [2.75, 3.05) is 7.05 Å². The molecule has 3 nitrogen and oxygen atoms in total. The molecule has 1 unspecified atom stereocenters. The molecular weight excluding hydrogens is 328 g/mol. The fraction of sp³-hybridized carbons (Fsp3) is 0.500. The second-order valence-electron chi connectivity index (χ2n) is 4.93. The largest absolute Gasteiger partial charge is 0.358 e. The van der Waals surface area contributed by atoms with E-state index in [2.05, 4.69) is 40.4 Å². The third kappa shape index (κ3) is 5.51. The lowest BCUT2D eigenvalue weighted by molar-refractivity contribution is -0.123. The van der Waals surface area contributed by atoms with Crippen LogP contribution < -0.4 is 10.6 Å². The van der Waals surface area contributed by atoms with Gasteiger partial charge in [0.15, 0.2) is 0 Å². The molecule has 106 valence electrons. The Morgan fingerprint density at radius 2 is 2.11 bits per heavy atom. The molecule has 0 saturated heterocycles. The van der Waals surface area contributed by atoms with Gasteiger partial charge in [-0.25, -0.2) is 0 Å². The van der Waals surface area contributed by atoms with Crippen LogP contribution >= 0.6 is 27.5 Å². The van der Waals surface area contributed by atoms with E-state index in [0.29, 0.717) is 17.5 Å². The lowest BCUT2D eigenvalue weighted by Crippen LogP contribution is -2.43. The van der Waals surface area contributed by atoms with Gasteiger partial charge in [0.2, 0.25) is 5.91 Å². The maximum Gasteiger partial charge on any atom is 0.236 e. The van der Waals surface area contributed by atoms with Crippen molar-refractivity contribution in [3.63, 3.8) is 0 Å². The Kier molecular flexibility index (Phi) is 6.83. The number of carbonyl (C=O) groups is 1. The van der Waals surface area contributed by atoms with Crippen molar-refractivity contribution < 1.29 is 4.79 Å². The lowest BCUT2D eigenvalue weighted by atomic mass is 10.0. The summed E-state index contributed by atoms with van der Waals surface area (Å²) in [5.74, 6) is 0.486. The van der Waals surface area contributed by atoms with Crippen molar-refractivity contribution in [2.24, 2.45) is 5.92 Å². The minimum absolute atomic E-state index is 0.0249. The van der Waals surface area contributed by atoms with Gasteiger partial charge in [-0.2, -0.15) is 0 Å². The SMILES string of the molecule is CNC(=O)C(CC(C)C)NCc1ccc(Br)c(Cl)c1. The van der Waals surface area contributed by atoms with Crippen LogP contribution in [0.1, 0.15) is 25.8 Å². The zero-order valence-corrected chi connectivity index (χ0v) is 13.8. The van der Waals surface area contributed by atoms with E-state index in [-0.39, 0.29) is 11.9 Å². The van der Waals surface area contributed by atoms with Gasteiger partial charge in [0.25, 0.3) is 0 Å². The molecule has 0 spiro atoms. The highest BCUT2D eigenvalue weighted by atomic mass is 79.9. The molecule has 1 aromatic carbocycles. The van der Waals surface area contributed by atoms with Gasteiger partial charge in [-0.3, -0.25) is 4.79 Å². The first-order valence-corrected chi connectivity index (χ1v) is 7.50. The van der Waals surface area contributed by atoms with Gasteiger partial charge >= 0.3 is 0 Å². The highest BCUT2D eigenvalue weighted by molar-refractivity contribution is 9.10. The monoisotopic (exact) mass is 346 g/mol. The van der Waals surface area contributed by atoms with Crippen molar-refractivity contribution >= 4 is 33.4 Å². The minimum Gasteiger partial charge on any atom is -0.358 e. The first kappa shape index (κ1) is 16.5. The fourth-order valence-electron chi connectivity index (χ4n) is 1.82. The second kappa shape index (κ2) is 7.88. The molecule has 0 aliphatic rings. The number of carbonyl (C=O) groups excluding carboxylic acids is 1. The van der Waals surface area contributed by atoms with Crippen LogP contribution in [-0.4, -0.2) is 19.0 Å². The summed E-state index contributed by atoms with van der Waals surface area (Å²) in [7, 11) is 1.66. The number of benzene rings is 1. The van der Waals surface area contributed by atoms with Crippen LogP contribution in [0.5, 0.6) is 0 Å². The smallest absolute Gasteiger partial charge is 0.236 e. The molecule has 5 heteroatoms. The summed E-state index contributed by atoms with van der Waals surface area (Å²) in [6, 6.07) is 5.62. The number of amides is 1. The quantitative estimate of drug-likeness (QED) is 0.828. The molecule has 2 N–H and O–H groups in total. The molecule has 0 radical (unpaired) electrons. The van der Waals surface area contributed by atoms with E-state index in [0.717, 1.165) is 16.5 Å². The summed E-state index contributed by atoms with van der Waals surface area (Å²) in [6.45, 7) is 4.83. The van der Waals surface area contributed by atoms with Crippen LogP contribution in [0, 0.1) is 5.92 Å². The Hall–Kier alpha value is -0.580. The summed E-state index contributed by atoms with van der Waals surface area (Å²) in [4.78, 5) is 11.8. The highest BCUT2D eigenvalue weighted by Crippen LogP contribution is 2.23. The molecule has 1 atom stereocenters. The zero-order valence-electron chi connectivity index (χ0n) is 11.5. The van der Waals surface area contributed by atoms with Crippen molar-refractivity contribution in [3.8, 4) is 0 Å². The first-order valence-electron chi connectivity index (χ1n) is 6.33. The predicted molar refractivity (Wildman–Crippen MR) is 83.3 cm³/mol. The van der Waals surface area contributed by atoms with E-state index in [9.17, 15) is 4.79 Å². The van der Waals surface area contributed by atoms with E-state index in [1.54, 1.807) is 7.05 Å². The maximum absolute atomic E-state index is 11.8. The molecule has 0 bridgehead atoms. The summed E-state index contributed by atoms with van der Waals surface area (Å²) < 4.78 is 0.878. The number of hydrogen-bond donors (Lipinski definition) is 2. The van der Waals surface area contributed by atoms with Crippen LogP contribution in [0.25, 0.3) is 0 Å². The number of hydrogen-bond acceptors (Lipinski definition) is 2. The first-order chi connectivity index (χ1) is 8.93. The standard InChI is InChI=1S/C14H20BrClN2O/c1-9(2)6-13(14(19)17-3)18-8-10-4-5-11(15)12(16)7-10/h4-5,7,9,13,18H,6,8H2,1-3H3,(H,17,19). The van der Waals surface area contributed by atoms with Gasteiger partial charge in [0.05, 0.1) is 11.1 Å². The average molecular weight is 348 g/mol. The van der Waals surface area contributed by atoms with Crippen LogP contribution in [0.2, 0.25) is 5.02 Å². The van der Waals surface area contributed by atoms with Crippen molar-refractivity contribution in [1.82, 2.24) is 10.6 Å². The maximum atomic E-state index is 11.8. The van der Waals surface area contributed by atoms with Gasteiger partial charge in [0.1, 0.15) is 0 Å². The fourth-order valence-corrected chi connectivity index (χ4v) is 2.27. The molecule has 1 amide bonds. The zero-order chi connectivity index (χ0) is 14.4. The topological polar surface area (TPSA) is 41.1 Å². The molecule has 0 heterocycles. The average Bonchev–Trinajstić information content (AvgIpc) is 2.37. The summed E-state index contributed by atoms with van der Waals surface area (Å²) >= 11 is 9.41. The molecule has 1 aromatic rings. The van der Waals surface area contributed by atoms with Crippen LogP contribution in [0.3, 0.4) is 0 Å². The van der Waals surface area contributed by atoms with E-state index in [1.807, 2.05) is 18.2 Å². The van der Waals surface area contributed by atoms with Gasteiger partial charge in [-0.1, -0.05) is 31.5 Å². The normalized spacial score (nSPS) is 12.5. The lowest BCUT2D eigenvalue weighted by Gasteiger charge is -2.19. The molecule has 0 aromatic heterocycles. The van der Waals surface area contributed by atoms with Crippen molar-refractivity contribution in [3.05, 3.63) is 33.3 Å². The second-order valence-corrected chi connectivity index (χ2v) is 6.19. The van der Waals surface area contributed by atoms with Gasteiger partial charge in [0, 0.05) is 18.1 Å². The Morgan fingerprint density at radius 3 is 2.63 bits per heavy atom. The molecule has 1 rings (SSSR count). The Balaban J connectivity index is 2.64. The Bertz CT molecular complexity index is 437. The summed E-state index contributed by atoms with van der Waals surface area (Å²) in [5, 5.41) is 6.65. The molecular formula is C14H20BrClN2O. The number of rotatable bonds is 6. The van der Waals surface area contributed by atoms with Crippen LogP contribution in [0.15, 0.2) is 22.7 Å². The summed E-state index contributed by atoms with van der Waals surface area (Å²) in [6.07, 6.45) is 0.809. The number of nitrogens with one attached hydrogen (secondary N) is 2. The van der Waals surface area contributed by atoms with E-state index < -0.39 is 0 Å². The van der Waals surface area contributed by atoms with E-state index in [4.69, 9.17) is 11.6 Å². The predicted octanol–water partition coefficient (Wildman–Crippen LogP) is 3.35. The van der Waals surface area contributed by atoms with Gasteiger partial charge < -0.3 is 10.6 Å².